The van der Waals surface area contributed by atoms with Crippen molar-refractivity contribution in [2.45, 2.75) is 20.8 Å². The molecule has 0 aliphatic heterocycles. The maximum Gasteiger partial charge on any atom is 1.00 e. The van der Waals surface area contributed by atoms with E-state index in [-0.39, 0.29) is 76.0 Å². The first-order chi connectivity index (χ1) is 10.4. The smallest absolute Gasteiger partial charge is 1.00 e. The molecule has 0 fully saturated rings. The fourth-order valence-electron chi connectivity index (χ4n) is 1.42. The van der Waals surface area contributed by atoms with E-state index in [1.54, 1.807) is 13.0 Å². The zero-order valence-electron chi connectivity index (χ0n) is 14.7. The van der Waals surface area contributed by atoms with Crippen LogP contribution in [0.3, 0.4) is 0 Å². The minimum atomic E-state index is -1.21. The van der Waals surface area contributed by atoms with E-state index in [9.17, 15) is 14.7 Å². The number of aromatic hydroxyl groups is 1. The number of alkyl halides is 1. The molecule has 124 valence electrons. The van der Waals surface area contributed by atoms with Crippen LogP contribution in [0.5, 0.6) is 17.2 Å². The molecule has 0 saturated heterocycles. The second-order valence-electron chi connectivity index (χ2n) is 4.95. The maximum atomic E-state index is 11.7. The fraction of sp³-hybridized carbons (Fsp3) is 0.467. The van der Waals surface area contributed by atoms with Gasteiger partial charge in [-0.05, 0) is 18.1 Å². The van der Waals surface area contributed by atoms with Gasteiger partial charge in [-0.2, -0.15) is 0 Å². The van der Waals surface area contributed by atoms with Crippen molar-refractivity contribution in [2.75, 3.05) is 11.9 Å². The number of rotatable bonds is 6. The number of hydrogen-bond donors (Lipinski definition) is 1. The summed E-state index contributed by atoms with van der Waals surface area (Å²) in [7, 11) is 0. The summed E-state index contributed by atoms with van der Waals surface area (Å²) >= 11 is 3.20. The summed E-state index contributed by atoms with van der Waals surface area (Å²) in [5.74, 6) is -1.38. The molecule has 0 spiro atoms. The number of para-hydroxylation sites is 1. The van der Waals surface area contributed by atoms with Crippen molar-refractivity contribution in [1.29, 1.82) is 0 Å². The van der Waals surface area contributed by atoms with Crippen molar-refractivity contribution >= 4 is 28.1 Å². The van der Waals surface area contributed by atoms with Crippen LogP contribution in [0.2, 0.25) is 0 Å². The third kappa shape index (κ3) is 7.53. The zero-order valence-corrected chi connectivity index (χ0v) is 18.4. The molecule has 8 heteroatoms. The van der Waals surface area contributed by atoms with Gasteiger partial charge in [0, 0.05) is 5.33 Å². The van der Waals surface area contributed by atoms with Crippen molar-refractivity contribution in [3.8, 4) is 17.2 Å². The number of carbonyl (C=O) groups excluding carboxylic acids is 2. The molecule has 0 aliphatic carbocycles. The van der Waals surface area contributed by atoms with E-state index in [0.717, 1.165) is 0 Å². The molecule has 1 aromatic rings. The Morgan fingerprint density at radius 2 is 1.96 bits per heavy atom. The van der Waals surface area contributed by atoms with Crippen LogP contribution in [0.25, 0.3) is 0 Å². The first kappa shape index (κ1) is 22.9. The van der Waals surface area contributed by atoms with E-state index in [2.05, 4.69) is 20.7 Å². The van der Waals surface area contributed by atoms with Gasteiger partial charge < -0.3 is 20.7 Å². The molecule has 0 aliphatic rings. The van der Waals surface area contributed by atoms with Crippen LogP contribution in [0.1, 0.15) is 22.2 Å². The average molecular weight is 415 g/mol. The van der Waals surface area contributed by atoms with Gasteiger partial charge in [0.25, 0.3) is 0 Å². The van der Waals surface area contributed by atoms with Gasteiger partial charge in [-0.1, -0.05) is 42.8 Å². The summed E-state index contributed by atoms with van der Waals surface area (Å²) in [5, 5.41) is 10.3. The molecule has 1 atom stereocenters. The number of esters is 1. The molecule has 0 heterocycles. The Bertz CT molecular complexity index is 541. The standard InChI is InChI=1S/C15H19BrO6.K.H/c1-9(2)10(3)14(18)22-15(19)21-13-11(17)5-4-6-12(13)20-8-7-16;;/h4-6,9-10,17H,7-8H2,1-3H3;;/q;+1;-1. The number of ether oxygens (including phenoxy) is 3. The summed E-state index contributed by atoms with van der Waals surface area (Å²) in [6.45, 7) is 5.65. The van der Waals surface area contributed by atoms with Gasteiger partial charge in [-0.3, -0.25) is 4.79 Å². The van der Waals surface area contributed by atoms with Gasteiger partial charge in [-0.15, -0.1) is 0 Å². The van der Waals surface area contributed by atoms with E-state index in [1.165, 1.54) is 12.1 Å². The number of phenolic OH excluding ortho intramolecular Hbond substituents is 1. The van der Waals surface area contributed by atoms with Gasteiger partial charge >= 0.3 is 63.5 Å². The van der Waals surface area contributed by atoms with E-state index >= 15 is 0 Å². The molecule has 23 heavy (non-hydrogen) atoms. The van der Waals surface area contributed by atoms with Crippen LogP contribution < -0.4 is 60.9 Å². The number of benzene rings is 1. The van der Waals surface area contributed by atoms with Crippen molar-refractivity contribution in [1.82, 2.24) is 0 Å². The monoisotopic (exact) mass is 414 g/mol. The number of hydrogen-bond acceptors (Lipinski definition) is 6. The predicted octanol–water partition coefficient (Wildman–Crippen LogP) is 0.617. The predicted molar refractivity (Wildman–Crippen MR) is 84.6 cm³/mol. The number of halogens is 1. The summed E-state index contributed by atoms with van der Waals surface area (Å²) in [6, 6.07) is 4.41. The Morgan fingerprint density at radius 3 is 2.52 bits per heavy atom. The molecule has 1 N–H and O–H groups in total. The van der Waals surface area contributed by atoms with Crippen LogP contribution in [0, 0.1) is 11.8 Å². The van der Waals surface area contributed by atoms with E-state index in [0.29, 0.717) is 11.9 Å². The van der Waals surface area contributed by atoms with Crippen molar-refractivity contribution < 1.29 is 81.7 Å². The van der Waals surface area contributed by atoms with Gasteiger partial charge in [0.1, 0.15) is 0 Å². The molecule has 1 unspecified atom stereocenters. The van der Waals surface area contributed by atoms with E-state index in [1.807, 2.05) is 13.8 Å². The minimum absolute atomic E-state index is 0. The summed E-state index contributed by atoms with van der Waals surface area (Å²) in [4.78, 5) is 23.4. The van der Waals surface area contributed by atoms with Crippen LogP contribution in [0.15, 0.2) is 18.2 Å². The van der Waals surface area contributed by atoms with Crippen LogP contribution in [0.4, 0.5) is 4.79 Å². The summed E-state index contributed by atoms with van der Waals surface area (Å²) in [6.07, 6.45) is -1.21. The summed E-state index contributed by atoms with van der Waals surface area (Å²) in [5.41, 5.74) is 0. The van der Waals surface area contributed by atoms with Crippen molar-refractivity contribution in [3.63, 3.8) is 0 Å². The third-order valence-electron chi connectivity index (χ3n) is 3.03. The second kappa shape index (κ2) is 11.4. The quantitative estimate of drug-likeness (QED) is 0.241. The van der Waals surface area contributed by atoms with E-state index in [4.69, 9.17) is 9.47 Å². The minimum Gasteiger partial charge on any atom is -1.00 e. The Labute approximate surface area is 187 Å². The average Bonchev–Trinajstić information content (AvgIpc) is 2.46. The van der Waals surface area contributed by atoms with Gasteiger partial charge in [0.05, 0.1) is 12.5 Å². The van der Waals surface area contributed by atoms with Crippen LogP contribution >= 0.6 is 15.9 Å². The molecule has 0 bridgehead atoms. The Kier molecular flexibility index (Phi) is 11.4. The van der Waals surface area contributed by atoms with E-state index < -0.39 is 18.0 Å². The fourth-order valence-corrected chi connectivity index (χ4v) is 1.58. The molecular weight excluding hydrogens is 395 g/mol. The Hall–Kier alpha value is -0.124. The Balaban J connectivity index is 0. The molecular formula is C15H20BrKO6. The summed E-state index contributed by atoms with van der Waals surface area (Å²) < 4.78 is 14.9. The van der Waals surface area contributed by atoms with Crippen LogP contribution in [-0.4, -0.2) is 29.2 Å². The maximum absolute atomic E-state index is 11.7. The topological polar surface area (TPSA) is 82.1 Å². The first-order valence-corrected chi connectivity index (χ1v) is 7.93. The third-order valence-corrected chi connectivity index (χ3v) is 3.36. The molecule has 0 amide bonds. The second-order valence-corrected chi connectivity index (χ2v) is 5.74. The zero-order chi connectivity index (χ0) is 16.7. The SMILES string of the molecule is CC(C)C(C)C(=O)OC(=O)Oc1c(O)cccc1OCCBr.[H-].[K+]. The number of phenols is 1. The molecule has 0 aromatic heterocycles. The molecule has 0 saturated carbocycles. The normalized spacial score (nSPS) is 11.3. The van der Waals surface area contributed by atoms with Gasteiger partial charge in [0.15, 0.2) is 11.5 Å². The molecule has 1 rings (SSSR count). The number of carbonyl (C=O) groups is 2. The van der Waals surface area contributed by atoms with Gasteiger partial charge in [0.2, 0.25) is 5.75 Å². The Morgan fingerprint density at radius 1 is 1.30 bits per heavy atom. The molecule has 1 aromatic carbocycles. The van der Waals surface area contributed by atoms with Crippen molar-refractivity contribution in [3.05, 3.63) is 18.2 Å². The van der Waals surface area contributed by atoms with Gasteiger partial charge in [-0.25, -0.2) is 4.79 Å². The van der Waals surface area contributed by atoms with Crippen molar-refractivity contribution in [2.24, 2.45) is 11.8 Å². The molecule has 0 radical (unpaired) electrons. The van der Waals surface area contributed by atoms with Crippen LogP contribution in [-0.2, 0) is 9.53 Å². The largest absolute Gasteiger partial charge is 1.00 e. The first-order valence-electron chi connectivity index (χ1n) is 6.81. The molecule has 6 nitrogen and oxygen atoms in total.